The Morgan fingerprint density at radius 1 is 1.46 bits per heavy atom. The molecule has 0 radical (unpaired) electrons. The van der Waals surface area contributed by atoms with Crippen LogP contribution in [-0.4, -0.2) is 11.1 Å². The molecular formula is C10H16N2O. The van der Waals surface area contributed by atoms with Crippen LogP contribution in [0, 0.1) is 0 Å². The fraction of sp³-hybridized carbons (Fsp3) is 0.500. The number of nitrogens with two attached hydrogens (primary N) is 1. The van der Waals surface area contributed by atoms with E-state index in [1.807, 2.05) is 0 Å². The highest BCUT2D eigenvalue weighted by Gasteiger charge is 2.06. The number of rotatable bonds is 4. The minimum Gasteiger partial charge on any atom is -0.488 e. The number of nitrogens with zero attached hydrogens (tertiary/aromatic N) is 1. The van der Waals surface area contributed by atoms with Gasteiger partial charge in [0.05, 0.1) is 18.0 Å². The second-order valence-corrected chi connectivity index (χ2v) is 2.97. The van der Waals surface area contributed by atoms with Crippen molar-refractivity contribution in [3.63, 3.8) is 0 Å². The van der Waals surface area contributed by atoms with Gasteiger partial charge < -0.3 is 10.5 Å². The summed E-state index contributed by atoms with van der Waals surface area (Å²) in [6.45, 7) is 4.21. The lowest BCUT2D eigenvalue weighted by atomic mass is 10.2. The Kier molecular flexibility index (Phi) is 3.55. The van der Waals surface area contributed by atoms with E-state index in [0.717, 1.165) is 18.6 Å². The Labute approximate surface area is 78.9 Å². The minimum absolute atomic E-state index is 0.254. The molecule has 0 fully saturated rings. The number of nitrogen functional groups attached to an aromatic ring is 1. The van der Waals surface area contributed by atoms with E-state index in [9.17, 15) is 0 Å². The van der Waals surface area contributed by atoms with E-state index < -0.39 is 0 Å². The highest BCUT2D eigenvalue weighted by molar-refractivity contribution is 5.49. The first-order valence-electron chi connectivity index (χ1n) is 4.64. The molecule has 13 heavy (non-hydrogen) atoms. The molecule has 0 saturated carbocycles. The SMILES string of the molecule is CCC(CC)Oc1ccncc1N. The highest BCUT2D eigenvalue weighted by Crippen LogP contribution is 2.21. The Morgan fingerprint density at radius 2 is 2.15 bits per heavy atom. The van der Waals surface area contributed by atoms with Crippen molar-refractivity contribution in [2.24, 2.45) is 0 Å². The monoisotopic (exact) mass is 180 g/mol. The summed E-state index contributed by atoms with van der Waals surface area (Å²) in [5.74, 6) is 0.740. The Balaban J connectivity index is 2.67. The molecule has 0 aliphatic carbocycles. The van der Waals surface area contributed by atoms with Crippen molar-refractivity contribution in [3.05, 3.63) is 18.5 Å². The second kappa shape index (κ2) is 4.70. The molecule has 72 valence electrons. The van der Waals surface area contributed by atoms with Crippen molar-refractivity contribution in [2.45, 2.75) is 32.8 Å². The Bertz CT molecular complexity index is 259. The van der Waals surface area contributed by atoms with Crippen molar-refractivity contribution >= 4 is 5.69 Å². The molecule has 0 spiro atoms. The summed E-state index contributed by atoms with van der Waals surface area (Å²) in [4.78, 5) is 3.90. The number of anilines is 1. The molecule has 0 saturated heterocycles. The first-order valence-corrected chi connectivity index (χ1v) is 4.64. The van der Waals surface area contributed by atoms with Crippen molar-refractivity contribution in [1.29, 1.82) is 0 Å². The van der Waals surface area contributed by atoms with Crippen LogP contribution in [0.2, 0.25) is 0 Å². The Morgan fingerprint density at radius 3 is 2.69 bits per heavy atom. The second-order valence-electron chi connectivity index (χ2n) is 2.97. The maximum Gasteiger partial charge on any atom is 0.145 e. The van der Waals surface area contributed by atoms with Gasteiger partial charge in [-0.3, -0.25) is 4.98 Å². The first-order chi connectivity index (χ1) is 6.27. The number of ether oxygens (including phenoxy) is 1. The van der Waals surface area contributed by atoms with Crippen LogP contribution in [0.15, 0.2) is 18.5 Å². The number of aromatic nitrogens is 1. The van der Waals surface area contributed by atoms with E-state index in [0.29, 0.717) is 5.69 Å². The van der Waals surface area contributed by atoms with Gasteiger partial charge in [0, 0.05) is 12.3 Å². The predicted molar refractivity (Wildman–Crippen MR) is 53.6 cm³/mol. The van der Waals surface area contributed by atoms with Crippen molar-refractivity contribution in [2.75, 3.05) is 5.73 Å². The van der Waals surface area contributed by atoms with Crippen LogP contribution < -0.4 is 10.5 Å². The fourth-order valence-corrected chi connectivity index (χ4v) is 1.14. The molecule has 1 heterocycles. The topological polar surface area (TPSA) is 48.1 Å². The highest BCUT2D eigenvalue weighted by atomic mass is 16.5. The summed E-state index contributed by atoms with van der Waals surface area (Å²) in [5.41, 5.74) is 6.30. The van der Waals surface area contributed by atoms with Gasteiger partial charge in [0.15, 0.2) is 0 Å². The molecule has 1 aromatic heterocycles. The van der Waals surface area contributed by atoms with Gasteiger partial charge in [0.2, 0.25) is 0 Å². The lowest BCUT2D eigenvalue weighted by molar-refractivity contribution is 0.194. The summed E-state index contributed by atoms with van der Waals surface area (Å²) in [7, 11) is 0. The molecule has 0 unspecified atom stereocenters. The van der Waals surface area contributed by atoms with Crippen LogP contribution >= 0.6 is 0 Å². The van der Waals surface area contributed by atoms with Crippen molar-refractivity contribution < 1.29 is 4.74 Å². The van der Waals surface area contributed by atoms with Crippen LogP contribution in [-0.2, 0) is 0 Å². The van der Waals surface area contributed by atoms with Crippen LogP contribution in [0.5, 0.6) is 5.75 Å². The predicted octanol–water partition coefficient (Wildman–Crippen LogP) is 2.23. The lowest BCUT2D eigenvalue weighted by Gasteiger charge is -2.16. The van der Waals surface area contributed by atoms with Crippen LogP contribution in [0.1, 0.15) is 26.7 Å². The van der Waals surface area contributed by atoms with E-state index in [1.165, 1.54) is 0 Å². The molecule has 0 bridgehead atoms. The molecule has 3 heteroatoms. The van der Waals surface area contributed by atoms with Crippen LogP contribution in [0.3, 0.4) is 0 Å². The van der Waals surface area contributed by atoms with Crippen molar-refractivity contribution in [1.82, 2.24) is 4.98 Å². The van der Waals surface area contributed by atoms with E-state index in [4.69, 9.17) is 10.5 Å². The molecule has 3 nitrogen and oxygen atoms in total. The van der Waals surface area contributed by atoms with Gasteiger partial charge in [0.1, 0.15) is 5.75 Å². The molecule has 0 amide bonds. The third-order valence-electron chi connectivity index (χ3n) is 2.01. The van der Waals surface area contributed by atoms with Gasteiger partial charge in [-0.25, -0.2) is 0 Å². The quantitative estimate of drug-likeness (QED) is 0.773. The van der Waals surface area contributed by atoms with E-state index >= 15 is 0 Å². The standard InChI is InChI=1S/C10H16N2O/c1-3-8(4-2)13-10-5-6-12-7-9(10)11/h5-8H,3-4,11H2,1-2H3. The summed E-state index contributed by atoms with van der Waals surface area (Å²) >= 11 is 0. The van der Waals surface area contributed by atoms with Gasteiger partial charge >= 0.3 is 0 Å². The lowest BCUT2D eigenvalue weighted by Crippen LogP contribution is -2.14. The summed E-state index contributed by atoms with van der Waals surface area (Å²) < 4.78 is 5.68. The van der Waals surface area contributed by atoms with Gasteiger partial charge in [-0.2, -0.15) is 0 Å². The summed E-state index contributed by atoms with van der Waals surface area (Å²) in [6, 6.07) is 1.80. The zero-order chi connectivity index (χ0) is 9.68. The van der Waals surface area contributed by atoms with E-state index in [2.05, 4.69) is 18.8 Å². The number of pyridine rings is 1. The average molecular weight is 180 g/mol. The van der Waals surface area contributed by atoms with Crippen LogP contribution in [0.25, 0.3) is 0 Å². The third kappa shape index (κ3) is 2.61. The summed E-state index contributed by atoms with van der Waals surface area (Å²) in [5, 5.41) is 0. The van der Waals surface area contributed by atoms with Crippen molar-refractivity contribution in [3.8, 4) is 5.75 Å². The zero-order valence-corrected chi connectivity index (χ0v) is 8.16. The van der Waals surface area contributed by atoms with E-state index in [-0.39, 0.29) is 6.10 Å². The number of hydrogen-bond acceptors (Lipinski definition) is 3. The minimum atomic E-state index is 0.254. The smallest absolute Gasteiger partial charge is 0.145 e. The molecule has 0 aliphatic heterocycles. The zero-order valence-electron chi connectivity index (χ0n) is 8.16. The first kappa shape index (κ1) is 9.84. The largest absolute Gasteiger partial charge is 0.488 e. The van der Waals surface area contributed by atoms with Gasteiger partial charge in [0.25, 0.3) is 0 Å². The van der Waals surface area contributed by atoms with Gasteiger partial charge in [-0.15, -0.1) is 0 Å². The molecule has 0 aliphatic rings. The van der Waals surface area contributed by atoms with Crippen LogP contribution in [0.4, 0.5) is 5.69 Å². The molecule has 1 aromatic rings. The molecule has 0 atom stereocenters. The van der Waals surface area contributed by atoms with Gasteiger partial charge in [-0.1, -0.05) is 13.8 Å². The summed E-state index contributed by atoms with van der Waals surface area (Å²) in [6.07, 6.45) is 5.55. The Hall–Kier alpha value is -1.25. The fourth-order valence-electron chi connectivity index (χ4n) is 1.14. The van der Waals surface area contributed by atoms with Gasteiger partial charge in [-0.05, 0) is 12.8 Å². The maximum atomic E-state index is 5.69. The van der Waals surface area contributed by atoms with E-state index in [1.54, 1.807) is 18.5 Å². The average Bonchev–Trinajstić information content (AvgIpc) is 2.17. The normalized spacial score (nSPS) is 10.4. The maximum absolute atomic E-state index is 5.69. The molecular weight excluding hydrogens is 164 g/mol. The molecule has 0 aromatic carbocycles. The molecule has 2 N–H and O–H groups in total. The third-order valence-corrected chi connectivity index (χ3v) is 2.01. The number of hydrogen-bond donors (Lipinski definition) is 1. The molecule has 1 rings (SSSR count).